The van der Waals surface area contributed by atoms with Crippen LogP contribution in [0.5, 0.6) is 0 Å². The van der Waals surface area contributed by atoms with Gasteiger partial charge in [-0.25, -0.2) is 0 Å². The molecule has 0 aliphatic heterocycles. The van der Waals surface area contributed by atoms with E-state index in [-0.39, 0.29) is 0 Å². The Bertz CT molecular complexity index is 1130. The van der Waals surface area contributed by atoms with Crippen molar-refractivity contribution in [3.05, 3.63) is 108 Å². The quantitative estimate of drug-likeness (QED) is 0.448. The third-order valence-electron chi connectivity index (χ3n) is 5.26. The van der Waals surface area contributed by atoms with Crippen LogP contribution in [0.25, 0.3) is 22.5 Å². The molecule has 138 valence electrons. The van der Waals surface area contributed by atoms with Crippen LogP contribution in [0.1, 0.15) is 16.7 Å². The Morgan fingerprint density at radius 1 is 0.571 bits per heavy atom. The number of aryl methyl sites for hydroxylation is 3. The molecule has 2 aromatic heterocycles. The van der Waals surface area contributed by atoms with Gasteiger partial charge in [-0.05, 0) is 56.2 Å². The minimum Gasteiger partial charge on any atom is -0.139 e. The van der Waals surface area contributed by atoms with E-state index < -0.39 is 0 Å². The molecular weight excluding hydrogens is 340 g/mol. The summed E-state index contributed by atoms with van der Waals surface area (Å²) in [5.74, 6) is 0. The lowest BCUT2D eigenvalue weighted by molar-refractivity contribution is -0.903. The first-order valence-electron chi connectivity index (χ1n) is 9.74. The van der Waals surface area contributed by atoms with Crippen LogP contribution in [0.3, 0.4) is 0 Å². The highest BCUT2D eigenvalue weighted by Crippen LogP contribution is 2.22. The van der Waals surface area contributed by atoms with Gasteiger partial charge in [0.25, 0.3) is 0 Å². The van der Waals surface area contributed by atoms with Gasteiger partial charge in [-0.3, -0.25) is 0 Å². The van der Waals surface area contributed by atoms with Crippen LogP contribution in [0.15, 0.2) is 91.3 Å². The minimum absolute atomic E-state index is 0.758. The van der Waals surface area contributed by atoms with E-state index in [9.17, 15) is 0 Å². The number of rotatable bonds is 4. The van der Waals surface area contributed by atoms with E-state index in [1.54, 1.807) is 0 Å². The topological polar surface area (TPSA) is 7.76 Å². The van der Waals surface area contributed by atoms with E-state index in [2.05, 4.69) is 121 Å². The summed E-state index contributed by atoms with van der Waals surface area (Å²) >= 11 is 0. The highest BCUT2D eigenvalue weighted by molar-refractivity contribution is 5.62. The van der Waals surface area contributed by atoms with Gasteiger partial charge in [-0.2, -0.15) is 0 Å². The number of hydrogen-bond donors (Lipinski definition) is 0. The van der Waals surface area contributed by atoms with Crippen molar-refractivity contribution in [1.29, 1.82) is 0 Å². The van der Waals surface area contributed by atoms with Crippen molar-refractivity contribution in [3.8, 4) is 22.5 Å². The smallest absolute Gasteiger partial charge is 0.139 e. The molecule has 2 nitrogen and oxygen atoms in total. The van der Waals surface area contributed by atoms with Crippen LogP contribution in [0, 0.1) is 20.8 Å². The van der Waals surface area contributed by atoms with E-state index in [0.29, 0.717) is 0 Å². The maximum Gasteiger partial charge on any atom is 0.344 e. The summed E-state index contributed by atoms with van der Waals surface area (Å²) < 4.78 is 4.63. The fourth-order valence-electron chi connectivity index (χ4n) is 3.81. The fourth-order valence-corrected chi connectivity index (χ4v) is 3.81. The maximum atomic E-state index is 2.32. The zero-order valence-electron chi connectivity index (χ0n) is 16.8. The van der Waals surface area contributed by atoms with Crippen LogP contribution >= 0.6 is 0 Å². The lowest BCUT2D eigenvalue weighted by Gasteiger charge is -2.08. The Morgan fingerprint density at radius 3 is 1.75 bits per heavy atom. The summed E-state index contributed by atoms with van der Waals surface area (Å²) in [6.07, 6.45) is 4.32. The molecule has 0 bridgehead atoms. The largest absolute Gasteiger partial charge is 0.344 e. The van der Waals surface area contributed by atoms with Crippen molar-refractivity contribution in [3.63, 3.8) is 0 Å². The second-order valence-corrected chi connectivity index (χ2v) is 7.39. The first-order valence-corrected chi connectivity index (χ1v) is 9.74. The Hall–Kier alpha value is -3.26. The Labute approximate surface area is 167 Å². The van der Waals surface area contributed by atoms with Gasteiger partial charge in [0.05, 0.1) is 0 Å². The standard InChI is InChI=1S/C26H26N2/c1-20-14-15-24(22(3)18-20)26-13-7-9-17-28(26)19-27-16-8-6-12-25(27)23-11-5-4-10-21(23)2/h4-18H,19H2,1-3H3/q+2. The van der Waals surface area contributed by atoms with Crippen LogP contribution in [0.2, 0.25) is 0 Å². The molecule has 0 fully saturated rings. The molecule has 2 heteroatoms. The number of hydrogen-bond acceptors (Lipinski definition) is 0. The Morgan fingerprint density at radius 2 is 1.14 bits per heavy atom. The lowest BCUT2D eigenvalue weighted by atomic mass is 10.0. The first kappa shape index (κ1) is 18.1. The molecule has 0 saturated carbocycles. The molecule has 0 aliphatic carbocycles. The van der Waals surface area contributed by atoms with Crippen LogP contribution in [0.4, 0.5) is 0 Å². The van der Waals surface area contributed by atoms with Crippen molar-refractivity contribution < 1.29 is 9.13 Å². The third kappa shape index (κ3) is 3.59. The molecule has 0 atom stereocenters. The molecule has 2 heterocycles. The maximum absolute atomic E-state index is 2.32. The van der Waals surface area contributed by atoms with Crippen molar-refractivity contribution in [2.45, 2.75) is 27.4 Å². The van der Waals surface area contributed by atoms with Gasteiger partial charge in [-0.15, -0.1) is 9.13 Å². The van der Waals surface area contributed by atoms with Crippen molar-refractivity contribution in [2.75, 3.05) is 0 Å². The fraction of sp³-hybridized carbons (Fsp3) is 0.154. The van der Waals surface area contributed by atoms with Crippen LogP contribution in [-0.4, -0.2) is 0 Å². The average molecular weight is 367 g/mol. The van der Waals surface area contributed by atoms with E-state index >= 15 is 0 Å². The van der Waals surface area contributed by atoms with E-state index in [1.807, 2.05) is 0 Å². The molecular formula is C26H26N2+2. The summed E-state index contributed by atoms with van der Waals surface area (Å²) in [7, 11) is 0. The number of aromatic nitrogens is 2. The molecule has 28 heavy (non-hydrogen) atoms. The second-order valence-electron chi connectivity index (χ2n) is 7.39. The molecule has 0 spiro atoms. The van der Waals surface area contributed by atoms with Gasteiger partial charge in [0.15, 0.2) is 12.4 Å². The number of pyridine rings is 2. The third-order valence-corrected chi connectivity index (χ3v) is 5.26. The highest BCUT2D eigenvalue weighted by atomic mass is 15.1. The lowest BCUT2D eigenvalue weighted by Crippen LogP contribution is -2.53. The van der Waals surface area contributed by atoms with Gasteiger partial charge in [0.2, 0.25) is 11.4 Å². The second kappa shape index (κ2) is 7.77. The average Bonchev–Trinajstić information content (AvgIpc) is 2.70. The highest BCUT2D eigenvalue weighted by Gasteiger charge is 2.21. The summed E-state index contributed by atoms with van der Waals surface area (Å²) in [5, 5.41) is 0. The van der Waals surface area contributed by atoms with E-state index in [0.717, 1.165) is 6.67 Å². The minimum atomic E-state index is 0.758. The number of benzene rings is 2. The Kier molecular flexibility index (Phi) is 5.03. The van der Waals surface area contributed by atoms with E-state index in [1.165, 1.54) is 39.2 Å². The number of nitrogens with zero attached hydrogens (tertiary/aromatic N) is 2. The molecule has 0 N–H and O–H groups in total. The molecule has 0 amide bonds. The van der Waals surface area contributed by atoms with Crippen LogP contribution < -0.4 is 9.13 Å². The monoisotopic (exact) mass is 366 g/mol. The van der Waals surface area contributed by atoms with Gasteiger partial charge < -0.3 is 0 Å². The molecule has 0 unspecified atom stereocenters. The molecule has 0 saturated heterocycles. The summed E-state index contributed by atoms with van der Waals surface area (Å²) in [4.78, 5) is 0. The van der Waals surface area contributed by atoms with Gasteiger partial charge in [-0.1, -0.05) is 35.9 Å². The first-order chi connectivity index (χ1) is 13.6. The molecule has 2 aromatic carbocycles. The molecule has 4 rings (SSSR count). The summed E-state index contributed by atoms with van der Waals surface area (Å²) in [5.41, 5.74) is 8.89. The summed E-state index contributed by atoms with van der Waals surface area (Å²) in [6.45, 7) is 7.26. The zero-order valence-corrected chi connectivity index (χ0v) is 16.8. The van der Waals surface area contributed by atoms with Crippen molar-refractivity contribution in [2.24, 2.45) is 0 Å². The van der Waals surface area contributed by atoms with Crippen molar-refractivity contribution in [1.82, 2.24) is 0 Å². The van der Waals surface area contributed by atoms with Crippen LogP contribution in [-0.2, 0) is 6.67 Å². The normalized spacial score (nSPS) is 10.8. The predicted octanol–water partition coefficient (Wildman–Crippen LogP) is 5.03. The molecule has 0 aliphatic rings. The summed E-state index contributed by atoms with van der Waals surface area (Å²) in [6, 6.07) is 28.1. The molecule has 4 aromatic rings. The van der Waals surface area contributed by atoms with Gasteiger partial charge in [0.1, 0.15) is 0 Å². The predicted molar refractivity (Wildman–Crippen MR) is 114 cm³/mol. The zero-order chi connectivity index (χ0) is 19.5. The Balaban J connectivity index is 1.79. The SMILES string of the molecule is Cc1ccc(-c2cccc[n+]2C[n+]2ccccc2-c2ccccc2C)c(C)c1. The van der Waals surface area contributed by atoms with Gasteiger partial charge >= 0.3 is 6.67 Å². The van der Waals surface area contributed by atoms with Crippen molar-refractivity contribution >= 4 is 0 Å². The van der Waals surface area contributed by atoms with Gasteiger partial charge in [0, 0.05) is 35.4 Å². The molecule has 0 radical (unpaired) electrons. The van der Waals surface area contributed by atoms with E-state index in [4.69, 9.17) is 0 Å².